The van der Waals surface area contributed by atoms with Gasteiger partial charge in [0, 0.05) is 19.6 Å². The van der Waals surface area contributed by atoms with Crippen molar-refractivity contribution in [2.24, 2.45) is 22.6 Å². The molecule has 0 radical (unpaired) electrons. The van der Waals surface area contributed by atoms with Gasteiger partial charge in [-0.1, -0.05) is 26.0 Å². The Morgan fingerprint density at radius 2 is 1.89 bits per heavy atom. The highest BCUT2D eigenvalue weighted by atomic mass is 16.5. The number of carbonyl (C=O) groups is 1. The zero-order valence-corrected chi connectivity index (χ0v) is 16.8. The molecule has 1 amide bonds. The third-order valence-corrected chi connectivity index (χ3v) is 5.29. The molecule has 27 heavy (non-hydrogen) atoms. The Balaban J connectivity index is 1.69. The number of amides is 1. The fourth-order valence-electron chi connectivity index (χ4n) is 3.55. The summed E-state index contributed by atoms with van der Waals surface area (Å²) in [6.45, 7) is 5.37. The van der Waals surface area contributed by atoms with Gasteiger partial charge in [0.2, 0.25) is 0 Å². The van der Waals surface area contributed by atoms with E-state index in [4.69, 9.17) is 10.5 Å². The molecule has 1 fully saturated rings. The van der Waals surface area contributed by atoms with Gasteiger partial charge in [0.1, 0.15) is 5.75 Å². The molecule has 1 aromatic carbocycles. The van der Waals surface area contributed by atoms with Crippen molar-refractivity contribution in [2.45, 2.75) is 52.0 Å². The van der Waals surface area contributed by atoms with Crippen molar-refractivity contribution >= 4 is 11.9 Å². The van der Waals surface area contributed by atoms with Crippen LogP contribution in [0.4, 0.5) is 0 Å². The maximum atomic E-state index is 10.7. The number of ether oxygens (including phenoxy) is 1. The maximum Gasteiger partial charge on any atom is 0.255 e. The van der Waals surface area contributed by atoms with Crippen molar-refractivity contribution in [1.82, 2.24) is 10.6 Å². The van der Waals surface area contributed by atoms with Crippen LogP contribution in [-0.2, 0) is 11.2 Å². The number of guanidine groups is 1. The zero-order valence-electron chi connectivity index (χ0n) is 16.8. The first kappa shape index (κ1) is 21.1. The molecular formula is C21H34N4O2. The number of benzene rings is 1. The van der Waals surface area contributed by atoms with Crippen molar-refractivity contribution in [2.75, 3.05) is 20.2 Å². The maximum absolute atomic E-state index is 10.7. The third-order valence-electron chi connectivity index (χ3n) is 5.29. The number of carbonyl (C=O) groups excluding carboxylic acids is 1. The lowest BCUT2D eigenvalue weighted by Crippen LogP contribution is -2.45. The van der Waals surface area contributed by atoms with Crippen LogP contribution in [0.25, 0.3) is 0 Å². The van der Waals surface area contributed by atoms with E-state index in [0.29, 0.717) is 11.8 Å². The first-order chi connectivity index (χ1) is 13.0. The molecule has 0 saturated heterocycles. The summed E-state index contributed by atoms with van der Waals surface area (Å²) in [4.78, 5) is 15.1. The average molecular weight is 375 g/mol. The number of aliphatic imine (C=N–C) groups is 1. The molecule has 0 aliphatic heterocycles. The molecule has 1 aromatic rings. The standard InChI is InChI=1S/C21H34N4O2/c1-15(2)17-6-8-18(9-7-17)25-21(23-3)24-13-12-16-4-10-19(11-5-16)27-14-20(22)26/h4-5,10-11,15,17-18H,6-9,12-14H2,1-3H3,(H2,22,26)(H2,23,24,25). The number of rotatable bonds is 8. The Labute approximate surface area is 163 Å². The van der Waals surface area contributed by atoms with Gasteiger partial charge >= 0.3 is 0 Å². The summed E-state index contributed by atoms with van der Waals surface area (Å²) in [6.07, 6.45) is 5.93. The van der Waals surface area contributed by atoms with Gasteiger partial charge in [-0.25, -0.2) is 0 Å². The smallest absolute Gasteiger partial charge is 0.255 e. The van der Waals surface area contributed by atoms with Gasteiger partial charge < -0.3 is 21.1 Å². The molecule has 0 spiro atoms. The summed E-state index contributed by atoms with van der Waals surface area (Å²) in [5.74, 6) is 2.72. The Bertz CT molecular complexity index is 605. The summed E-state index contributed by atoms with van der Waals surface area (Å²) >= 11 is 0. The molecule has 6 nitrogen and oxygen atoms in total. The Kier molecular flexibility index (Phi) is 8.43. The number of nitrogens with two attached hydrogens (primary N) is 1. The van der Waals surface area contributed by atoms with Crippen molar-refractivity contribution in [3.63, 3.8) is 0 Å². The molecule has 0 atom stereocenters. The second kappa shape index (κ2) is 10.8. The number of primary amides is 1. The summed E-state index contributed by atoms with van der Waals surface area (Å²) < 4.78 is 5.27. The van der Waals surface area contributed by atoms with E-state index >= 15 is 0 Å². The normalized spacial score (nSPS) is 20.4. The van der Waals surface area contributed by atoms with Gasteiger partial charge in [0.25, 0.3) is 5.91 Å². The molecule has 1 aliphatic carbocycles. The molecule has 0 heterocycles. The van der Waals surface area contributed by atoms with Crippen LogP contribution in [0, 0.1) is 11.8 Å². The summed E-state index contributed by atoms with van der Waals surface area (Å²) in [7, 11) is 1.82. The lowest BCUT2D eigenvalue weighted by atomic mass is 9.80. The number of nitrogens with one attached hydrogen (secondary N) is 2. The second-order valence-electron chi connectivity index (χ2n) is 7.65. The molecule has 2 rings (SSSR count). The minimum atomic E-state index is -0.472. The highest BCUT2D eigenvalue weighted by Crippen LogP contribution is 2.29. The molecule has 4 N–H and O–H groups in total. The van der Waals surface area contributed by atoms with E-state index in [2.05, 4.69) is 29.5 Å². The highest BCUT2D eigenvalue weighted by Gasteiger charge is 2.23. The van der Waals surface area contributed by atoms with Crippen molar-refractivity contribution < 1.29 is 9.53 Å². The van der Waals surface area contributed by atoms with Crippen molar-refractivity contribution in [3.05, 3.63) is 29.8 Å². The molecule has 0 aromatic heterocycles. The van der Waals surface area contributed by atoms with Gasteiger partial charge in [-0.15, -0.1) is 0 Å². The Hall–Kier alpha value is -2.24. The van der Waals surface area contributed by atoms with E-state index in [1.165, 1.54) is 31.2 Å². The van der Waals surface area contributed by atoms with Gasteiger partial charge in [-0.05, 0) is 61.6 Å². The quantitative estimate of drug-likeness (QED) is 0.482. The largest absolute Gasteiger partial charge is 0.484 e. The van der Waals surface area contributed by atoms with E-state index < -0.39 is 5.91 Å². The molecule has 1 aliphatic rings. The molecule has 150 valence electrons. The third kappa shape index (κ3) is 7.49. The monoisotopic (exact) mass is 374 g/mol. The predicted octanol–water partition coefficient (Wildman–Crippen LogP) is 2.47. The molecule has 0 bridgehead atoms. The SMILES string of the molecule is CN=C(NCCc1ccc(OCC(N)=O)cc1)NC1CCC(C(C)C)CC1. The highest BCUT2D eigenvalue weighted by molar-refractivity contribution is 5.80. The first-order valence-electron chi connectivity index (χ1n) is 9.95. The van der Waals surface area contributed by atoms with Crippen molar-refractivity contribution in [1.29, 1.82) is 0 Å². The van der Waals surface area contributed by atoms with E-state index in [-0.39, 0.29) is 6.61 Å². The number of hydrogen-bond donors (Lipinski definition) is 3. The second-order valence-corrected chi connectivity index (χ2v) is 7.65. The number of nitrogens with zero attached hydrogens (tertiary/aromatic N) is 1. The van der Waals surface area contributed by atoms with E-state index in [1.807, 2.05) is 31.3 Å². The summed E-state index contributed by atoms with van der Waals surface area (Å²) in [5.41, 5.74) is 6.27. The van der Waals surface area contributed by atoms with Gasteiger partial charge in [-0.3, -0.25) is 9.79 Å². The fourth-order valence-corrected chi connectivity index (χ4v) is 3.55. The number of hydrogen-bond acceptors (Lipinski definition) is 3. The Morgan fingerprint density at radius 1 is 1.22 bits per heavy atom. The van der Waals surface area contributed by atoms with Gasteiger partial charge in [0.15, 0.2) is 12.6 Å². The van der Waals surface area contributed by atoms with Crippen LogP contribution < -0.4 is 21.1 Å². The van der Waals surface area contributed by atoms with Crippen molar-refractivity contribution in [3.8, 4) is 5.75 Å². The summed E-state index contributed by atoms with van der Waals surface area (Å²) in [5, 5.41) is 6.96. The zero-order chi connectivity index (χ0) is 19.6. The molecule has 0 unspecified atom stereocenters. The predicted molar refractivity (Wildman–Crippen MR) is 110 cm³/mol. The minimum Gasteiger partial charge on any atom is -0.484 e. The fraction of sp³-hybridized carbons (Fsp3) is 0.619. The van der Waals surface area contributed by atoms with Crippen LogP contribution in [0.5, 0.6) is 5.75 Å². The minimum absolute atomic E-state index is 0.0953. The Morgan fingerprint density at radius 3 is 2.44 bits per heavy atom. The van der Waals surface area contributed by atoms with E-state index in [1.54, 1.807) is 0 Å². The van der Waals surface area contributed by atoms with Crippen LogP contribution in [0.15, 0.2) is 29.3 Å². The molecule has 6 heteroatoms. The lowest BCUT2D eigenvalue weighted by Gasteiger charge is -2.32. The molecular weight excluding hydrogens is 340 g/mol. The topological polar surface area (TPSA) is 88.7 Å². The van der Waals surface area contributed by atoms with Gasteiger partial charge in [0.05, 0.1) is 0 Å². The van der Waals surface area contributed by atoms with Crippen LogP contribution in [0.1, 0.15) is 45.1 Å². The van der Waals surface area contributed by atoms with Gasteiger partial charge in [-0.2, -0.15) is 0 Å². The van der Waals surface area contributed by atoms with Crippen LogP contribution >= 0.6 is 0 Å². The van der Waals surface area contributed by atoms with Crippen LogP contribution in [0.2, 0.25) is 0 Å². The first-order valence-corrected chi connectivity index (χ1v) is 9.95. The van der Waals surface area contributed by atoms with Crippen LogP contribution in [-0.4, -0.2) is 38.1 Å². The summed E-state index contributed by atoms with van der Waals surface area (Å²) in [6, 6.07) is 8.24. The van der Waals surface area contributed by atoms with E-state index in [9.17, 15) is 4.79 Å². The molecule has 1 saturated carbocycles. The van der Waals surface area contributed by atoms with E-state index in [0.717, 1.165) is 30.8 Å². The average Bonchev–Trinajstić information content (AvgIpc) is 2.67. The lowest BCUT2D eigenvalue weighted by molar-refractivity contribution is -0.119. The van der Waals surface area contributed by atoms with Crippen LogP contribution in [0.3, 0.4) is 0 Å².